The summed E-state index contributed by atoms with van der Waals surface area (Å²) in [5.41, 5.74) is 2.65. The molecule has 8 heteroatoms. The Morgan fingerprint density at radius 3 is 2.58 bits per heavy atom. The van der Waals surface area contributed by atoms with E-state index in [2.05, 4.69) is 9.97 Å². The van der Waals surface area contributed by atoms with Gasteiger partial charge in [0.05, 0.1) is 10.0 Å². The largest absolute Gasteiger partial charge is 0.478 e. The number of esters is 1. The predicted octanol–water partition coefficient (Wildman–Crippen LogP) is 5.94. The molecular formula is C23H18Cl2N2O4. The van der Waals surface area contributed by atoms with Gasteiger partial charge in [-0.05, 0) is 44.2 Å². The van der Waals surface area contributed by atoms with E-state index in [9.17, 15) is 4.79 Å². The second-order valence-corrected chi connectivity index (χ2v) is 7.67. The first-order valence-electron chi connectivity index (χ1n) is 9.48. The first-order chi connectivity index (χ1) is 14.9. The monoisotopic (exact) mass is 456 g/mol. The minimum atomic E-state index is -0.574. The number of aromatic nitrogens is 2. The zero-order valence-corrected chi connectivity index (χ0v) is 18.3. The van der Waals surface area contributed by atoms with E-state index >= 15 is 0 Å². The maximum atomic E-state index is 12.3. The van der Waals surface area contributed by atoms with E-state index in [-0.39, 0.29) is 24.0 Å². The standard InChI is InChI=1S/C23H18Cl2N2O4/c1-13-8-9-16-17(24)10-18(25)22(21(16)26-13)30-12-20(28)29-11-19-14(2)31-23(27-19)15-6-4-3-5-7-15/h3-10H,11-12H2,1-2H3. The Morgan fingerprint density at radius 1 is 1.03 bits per heavy atom. The Kier molecular flexibility index (Phi) is 6.11. The minimum absolute atomic E-state index is 0.0309. The zero-order valence-electron chi connectivity index (χ0n) is 16.8. The van der Waals surface area contributed by atoms with Crippen molar-refractivity contribution in [1.29, 1.82) is 0 Å². The van der Waals surface area contributed by atoms with E-state index in [0.29, 0.717) is 33.3 Å². The highest BCUT2D eigenvalue weighted by atomic mass is 35.5. The van der Waals surface area contributed by atoms with Crippen LogP contribution in [0.1, 0.15) is 17.1 Å². The maximum absolute atomic E-state index is 12.3. The van der Waals surface area contributed by atoms with Crippen LogP contribution in [0.4, 0.5) is 0 Å². The summed E-state index contributed by atoms with van der Waals surface area (Å²) < 4.78 is 16.6. The van der Waals surface area contributed by atoms with E-state index < -0.39 is 5.97 Å². The third-order valence-electron chi connectivity index (χ3n) is 4.59. The average molecular weight is 457 g/mol. The van der Waals surface area contributed by atoms with Crippen LogP contribution in [0.5, 0.6) is 5.75 Å². The first-order valence-corrected chi connectivity index (χ1v) is 10.2. The van der Waals surface area contributed by atoms with Crippen LogP contribution in [0, 0.1) is 13.8 Å². The second kappa shape index (κ2) is 8.96. The van der Waals surface area contributed by atoms with Gasteiger partial charge in [-0.3, -0.25) is 0 Å². The summed E-state index contributed by atoms with van der Waals surface area (Å²) in [6, 6.07) is 14.7. The fourth-order valence-corrected chi connectivity index (χ4v) is 3.59. The van der Waals surface area contributed by atoms with Crippen LogP contribution in [0.2, 0.25) is 10.0 Å². The molecule has 0 saturated carbocycles. The van der Waals surface area contributed by atoms with Gasteiger partial charge in [0, 0.05) is 16.6 Å². The van der Waals surface area contributed by atoms with Crippen molar-refractivity contribution < 1.29 is 18.7 Å². The van der Waals surface area contributed by atoms with E-state index in [1.165, 1.54) is 0 Å². The number of ether oxygens (including phenoxy) is 2. The summed E-state index contributed by atoms with van der Waals surface area (Å²) >= 11 is 12.5. The van der Waals surface area contributed by atoms with Gasteiger partial charge in [0.25, 0.3) is 0 Å². The van der Waals surface area contributed by atoms with Crippen molar-refractivity contribution >= 4 is 40.1 Å². The molecule has 0 amide bonds. The summed E-state index contributed by atoms with van der Waals surface area (Å²) in [7, 11) is 0. The number of carbonyl (C=O) groups excluding carboxylic acids is 1. The smallest absolute Gasteiger partial charge is 0.344 e. The SMILES string of the molecule is Cc1ccc2c(Cl)cc(Cl)c(OCC(=O)OCc3nc(-c4ccccc4)oc3C)c2n1. The predicted molar refractivity (Wildman–Crippen MR) is 118 cm³/mol. The summed E-state index contributed by atoms with van der Waals surface area (Å²) in [5, 5.41) is 1.41. The number of carbonyl (C=O) groups is 1. The molecule has 2 aromatic heterocycles. The Balaban J connectivity index is 1.43. The average Bonchev–Trinajstić information content (AvgIpc) is 3.13. The lowest BCUT2D eigenvalue weighted by molar-refractivity contribution is -0.147. The van der Waals surface area contributed by atoms with E-state index in [1.54, 1.807) is 13.0 Å². The Morgan fingerprint density at radius 2 is 1.81 bits per heavy atom. The fraction of sp³-hybridized carbons (Fsp3) is 0.174. The van der Waals surface area contributed by atoms with Gasteiger partial charge in [-0.2, -0.15) is 0 Å². The molecule has 0 aliphatic carbocycles. The summed E-state index contributed by atoms with van der Waals surface area (Å²) in [6.07, 6.45) is 0. The topological polar surface area (TPSA) is 74.5 Å². The second-order valence-electron chi connectivity index (χ2n) is 6.86. The van der Waals surface area contributed by atoms with Gasteiger partial charge in [-0.1, -0.05) is 41.4 Å². The molecule has 158 valence electrons. The van der Waals surface area contributed by atoms with Crippen LogP contribution in [0.3, 0.4) is 0 Å². The van der Waals surface area contributed by atoms with Crippen LogP contribution in [-0.2, 0) is 16.1 Å². The molecule has 0 aliphatic rings. The number of aryl methyl sites for hydroxylation is 2. The minimum Gasteiger partial charge on any atom is -0.478 e. The zero-order chi connectivity index (χ0) is 22.0. The normalized spacial score (nSPS) is 11.0. The lowest BCUT2D eigenvalue weighted by Gasteiger charge is -2.12. The van der Waals surface area contributed by atoms with Gasteiger partial charge in [0.15, 0.2) is 12.4 Å². The van der Waals surface area contributed by atoms with Crippen LogP contribution >= 0.6 is 23.2 Å². The molecular weight excluding hydrogens is 439 g/mol. The van der Waals surface area contributed by atoms with Gasteiger partial charge >= 0.3 is 5.97 Å². The number of hydrogen-bond acceptors (Lipinski definition) is 6. The van der Waals surface area contributed by atoms with Crippen LogP contribution in [0.15, 0.2) is 52.9 Å². The number of fused-ring (bicyclic) bond motifs is 1. The fourth-order valence-electron chi connectivity index (χ4n) is 3.02. The van der Waals surface area contributed by atoms with Gasteiger partial charge in [-0.25, -0.2) is 14.8 Å². The Hall–Kier alpha value is -3.09. The van der Waals surface area contributed by atoms with Gasteiger partial charge in [0.1, 0.15) is 23.6 Å². The molecule has 2 aromatic carbocycles. The molecule has 6 nitrogen and oxygen atoms in total. The van der Waals surface area contributed by atoms with Gasteiger partial charge in [-0.15, -0.1) is 0 Å². The van der Waals surface area contributed by atoms with Crippen LogP contribution < -0.4 is 4.74 Å². The van der Waals surface area contributed by atoms with Crippen molar-refractivity contribution in [2.24, 2.45) is 0 Å². The van der Waals surface area contributed by atoms with Gasteiger partial charge in [0.2, 0.25) is 5.89 Å². The molecule has 2 heterocycles. The van der Waals surface area contributed by atoms with E-state index in [0.717, 1.165) is 11.3 Å². The van der Waals surface area contributed by atoms with Crippen molar-refractivity contribution in [3.63, 3.8) is 0 Å². The number of hydrogen-bond donors (Lipinski definition) is 0. The lowest BCUT2D eigenvalue weighted by Crippen LogP contribution is -2.15. The van der Waals surface area contributed by atoms with Crippen molar-refractivity contribution in [2.45, 2.75) is 20.5 Å². The number of oxazole rings is 1. The summed E-state index contributed by atoms with van der Waals surface area (Å²) in [6.45, 7) is 3.24. The Labute approximate surface area is 188 Å². The highest BCUT2D eigenvalue weighted by Crippen LogP contribution is 2.37. The number of nitrogens with zero attached hydrogens (tertiary/aromatic N) is 2. The maximum Gasteiger partial charge on any atom is 0.344 e. The number of rotatable bonds is 6. The molecule has 0 aliphatic heterocycles. The molecule has 0 unspecified atom stereocenters. The molecule has 0 atom stereocenters. The van der Waals surface area contributed by atoms with Crippen molar-refractivity contribution in [2.75, 3.05) is 6.61 Å². The third kappa shape index (κ3) is 4.65. The molecule has 4 rings (SSSR count). The summed E-state index contributed by atoms with van der Waals surface area (Å²) in [5.74, 6) is 0.765. The number of pyridine rings is 1. The third-order valence-corrected chi connectivity index (χ3v) is 5.19. The Bertz CT molecular complexity index is 1260. The highest BCUT2D eigenvalue weighted by molar-refractivity contribution is 6.39. The van der Waals surface area contributed by atoms with Crippen molar-refractivity contribution in [3.05, 3.63) is 75.7 Å². The molecule has 0 N–H and O–H groups in total. The van der Waals surface area contributed by atoms with Crippen LogP contribution in [-0.4, -0.2) is 22.5 Å². The van der Waals surface area contributed by atoms with Crippen molar-refractivity contribution in [3.8, 4) is 17.2 Å². The molecule has 0 saturated heterocycles. The van der Waals surface area contributed by atoms with Gasteiger partial charge < -0.3 is 13.9 Å². The number of benzene rings is 2. The highest BCUT2D eigenvalue weighted by Gasteiger charge is 2.17. The molecule has 0 radical (unpaired) electrons. The quantitative estimate of drug-likeness (QED) is 0.334. The van der Waals surface area contributed by atoms with Crippen molar-refractivity contribution in [1.82, 2.24) is 9.97 Å². The molecule has 0 fully saturated rings. The van der Waals surface area contributed by atoms with E-state index in [4.69, 9.17) is 37.1 Å². The lowest BCUT2D eigenvalue weighted by atomic mass is 10.2. The molecule has 0 spiro atoms. The summed E-state index contributed by atoms with van der Waals surface area (Å²) in [4.78, 5) is 21.1. The number of halogens is 2. The first kappa shape index (κ1) is 21.2. The molecule has 4 aromatic rings. The molecule has 0 bridgehead atoms. The van der Waals surface area contributed by atoms with Crippen LogP contribution in [0.25, 0.3) is 22.4 Å². The van der Waals surface area contributed by atoms with E-state index in [1.807, 2.05) is 49.4 Å². The molecule has 31 heavy (non-hydrogen) atoms.